The highest BCUT2D eigenvalue weighted by Crippen LogP contribution is 2.04. The number of hydrogen-bond donors (Lipinski definition) is 2. The number of amides is 3. The van der Waals surface area contributed by atoms with Crippen LogP contribution in [-0.4, -0.2) is 73.6 Å². The lowest BCUT2D eigenvalue weighted by Gasteiger charge is -2.34. The van der Waals surface area contributed by atoms with Crippen LogP contribution < -0.4 is 10.6 Å². The summed E-state index contributed by atoms with van der Waals surface area (Å²) in [7, 11) is 0. The van der Waals surface area contributed by atoms with Crippen LogP contribution in [0.3, 0.4) is 0 Å². The third-order valence-electron chi connectivity index (χ3n) is 4.31. The molecular weight excluding hydrogens is 348 g/mol. The molecule has 0 radical (unpaired) electrons. The van der Waals surface area contributed by atoms with Gasteiger partial charge >= 0.3 is 6.09 Å². The van der Waals surface area contributed by atoms with E-state index in [2.05, 4.69) is 10.6 Å². The summed E-state index contributed by atoms with van der Waals surface area (Å²) < 4.78 is 4.75. The Morgan fingerprint density at radius 3 is 2.41 bits per heavy atom. The third-order valence-corrected chi connectivity index (χ3v) is 4.31. The highest BCUT2D eigenvalue weighted by molar-refractivity contribution is 5.78. The first-order valence-electron chi connectivity index (χ1n) is 9.30. The topological polar surface area (TPSA) is 91.0 Å². The van der Waals surface area contributed by atoms with E-state index in [0.717, 1.165) is 5.56 Å². The Kier molecular flexibility index (Phi) is 8.57. The zero-order chi connectivity index (χ0) is 19.5. The molecule has 1 aromatic carbocycles. The third kappa shape index (κ3) is 7.65. The smallest absolute Gasteiger partial charge is 0.407 e. The zero-order valence-electron chi connectivity index (χ0n) is 15.8. The first-order chi connectivity index (χ1) is 13.1. The van der Waals surface area contributed by atoms with Crippen LogP contribution in [0.4, 0.5) is 4.79 Å². The first-order valence-corrected chi connectivity index (χ1v) is 9.30. The molecule has 0 aromatic heterocycles. The van der Waals surface area contributed by atoms with Crippen molar-refractivity contribution in [3.63, 3.8) is 0 Å². The van der Waals surface area contributed by atoms with Crippen LogP contribution >= 0.6 is 0 Å². The van der Waals surface area contributed by atoms with E-state index < -0.39 is 6.09 Å². The highest BCUT2D eigenvalue weighted by atomic mass is 16.5. The summed E-state index contributed by atoms with van der Waals surface area (Å²) in [5, 5.41) is 5.46. The van der Waals surface area contributed by atoms with Crippen LogP contribution in [0.1, 0.15) is 18.9 Å². The number of nitrogens with one attached hydrogen (secondary N) is 2. The van der Waals surface area contributed by atoms with E-state index in [1.54, 1.807) is 11.8 Å². The summed E-state index contributed by atoms with van der Waals surface area (Å²) in [5.41, 5.74) is 1.07. The van der Waals surface area contributed by atoms with Crippen LogP contribution in [0.25, 0.3) is 0 Å². The maximum Gasteiger partial charge on any atom is 0.407 e. The fraction of sp³-hybridized carbons (Fsp3) is 0.526. The summed E-state index contributed by atoms with van der Waals surface area (Å²) in [6.45, 7) is 5.65. The van der Waals surface area contributed by atoms with E-state index in [0.29, 0.717) is 45.9 Å². The van der Waals surface area contributed by atoms with Crippen LogP contribution in [0, 0.1) is 0 Å². The van der Waals surface area contributed by atoms with Gasteiger partial charge in [-0.2, -0.15) is 0 Å². The number of nitrogens with zero attached hydrogens (tertiary/aromatic N) is 2. The van der Waals surface area contributed by atoms with Crippen molar-refractivity contribution in [3.05, 3.63) is 35.9 Å². The van der Waals surface area contributed by atoms with Crippen molar-refractivity contribution < 1.29 is 19.1 Å². The van der Waals surface area contributed by atoms with Gasteiger partial charge in [-0.1, -0.05) is 30.3 Å². The van der Waals surface area contributed by atoms with E-state index in [9.17, 15) is 14.4 Å². The molecule has 3 amide bonds. The SMILES string of the molecule is CCOC(=O)NCCC(=O)N1CCN(CC(=O)NCc2ccccc2)CC1. The molecule has 0 saturated carbocycles. The van der Waals surface area contributed by atoms with Gasteiger partial charge in [-0.25, -0.2) is 4.79 Å². The van der Waals surface area contributed by atoms with Crippen molar-refractivity contribution in [2.24, 2.45) is 0 Å². The minimum absolute atomic E-state index is 0.0000207. The van der Waals surface area contributed by atoms with E-state index in [-0.39, 0.29) is 24.8 Å². The standard InChI is InChI=1S/C19H28N4O4/c1-2-27-19(26)20-9-8-18(25)23-12-10-22(11-13-23)15-17(24)21-14-16-6-4-3-5-7-16/h3-7H,2,8-15H2,1H3,(H,20,26)(H,21,24). The molecule has 8 nitrogen and oxygen atoms in total. The Morgan fingerprint density at radius 1 is 1.04 bits per heavy atom. The van der Waals surface area contributed by atoms with Gasteiger partial charge in [0.15, 0.2) is 0 Å². The van der Waals surface area contributed by atoms with Gasteiger partial charge < -0.3 is 20.3 Å². The van der Waals surface area contributed by atoms with E-state index in [1.807, 2.05) is 35.2 Å². The second kappa shape index (κ2) is 11.2. The summed E-state index contributed by atoms with van der Waals surface area (Å²) in [6, 6.07) is 9.78. The van der Waals surface area contributed by atoms with Gasteiger partial charge in [-0.3, -0.25) is 14.5 Å². The summed E-state index contributed by atoms with van der Waals surface area (Å²) in [4.78, 5) is 39.2. The highest BCUT2D eigenvalue weighted by Gasteiger charge is 2.22. The van der Waals surface area contributed by atoms with Gasteiger partial charge in [0.05, 0.1) is 13.2 Å². The fourth-order valence-electron chi connectivity index (χ4n) is 2.82. The molecule has 1 saturated heterocycles. The molecule has 1 fully saturated rings. The minimum atomic E-state index is -0.503. The molecule has 1 aromatic rings. The quantitative estimate of drug-likeness (QED) is 0.693. The lowest BCUT2D eigenvalue weighted by atomic mass is 10.2. The molecule has 1 aliphatic heterocycles. The second-order valence-electron chi connectivity index (χ2n) is 6.32. The predicted octanol–water partition coefficient (Wildman–Crippen LogP) is 0.583. The van der Waals surface area contributed by atoms with E-state index in [1.165, 1.54) is 0 Å². The number of piperazine rings is 1. The van der Waals surface area contributed by atoms with Crippen LogP contribution in [0.15, 0.2) is 30.3 Å². The molecule has 27 heavy (non-hydrogen) atoms. The lowest BCUT2D eigenvalue weighted by molar-refractivity contribution is -0.133. The van der Waals surface area contributed by atoms with Crippen molar-refractivity contribution in [2.45, 2.75) is 19.9 Å². The van der Waals surface area contributed by atoms with E-state index in [4.69, 9.17) is 4.74 Å². The number of benzene rings is 1. The van der Waals surface area contributed by atoms with Gasteiger partial charge in [0.2, 0.25) is 11.8 Å². The number of carbonyl (C=O) groups excluding carboxylic acids is 3. The lowest BCUT2D eigenvalue weighted by Crippen LogP contribution is -2.51. The molecule has 2 N–H and O–H groups in total. The number of rotatable bonds is 8. The van der Waals surface area contributed by atoms with Crippen molar-refractivity contribution in [1.29, 1.82) is 0 Å². The number of alkyl carbamates (subject to hydrolysis) is 1. The van der Waals surface area contributed by atoms with Crippen molar-refractivity contribution >= 4 is 17.9 Å². The molecule has 0 bridgehead atoms. The number of hydrogen-bond acceptors (Lipinski definition) is 5. The summed E-state index contributed by atoms with van der Waals surface area (Å²) in [5.74, 6) is -0.0164. The molecule has 1 aliphatic rings. The monoisotopic (exact) mass is 376 g/mol. The average molecular weight is 376 g/mol. The normalized spacial score (nSPS) is 14.5. The Balaban J connectivity index is 1.61. The molecule has 0 spiro atoms. The van der Waals surface area contributed by atoms with Crippen molar-refractivity contribution in [2.75, 3.05) is 45.9 Å². The van der Waals surface area contributed by atoms with Crippen LogP contribution in [0.5, 0.6) is 0 Å². The molecule has 2 rings (SSSR count). The Morgan fingerprint density at radius 2 is 1.74 bits per heavy atom. The van der Waals surface area contributed by atoms with Gasteiger partial charge in [0.1, 0.15) is 0 Å². The molecule has 1 heterocycles. The Bertz CT molecular complexity index is 615. The molecule has 0 unspecified atom stereocenters. The molecule has 148 valence electrons. The zero-order valence-corrected chi connectivity index (χ0v) is 15.8. The van der Waals surface area contributed by atoms with Gasteiger partial charge in [-0.05, 0) is 12.5 Å². The molecular formula is C19H28N4O4. The Hall–Kier alpha value is -2.61. The fourth-order valence-corrected chi connectivity index (χ4v) is 2.82. The Labute approximate surface area is 159 Å². The van der Waals surface area contributed by atoms with Gasteiger partial charge in [0, 0.05) is 45.7 Å². The molecule has 0 atom stereocenters. The molecule has 0 aliphatic carbocycles. The first kappa shape index (κ1) is 20.7. The molecule has 8 heteroatoms. The largest absolute Gasteiger partial charge is 0.450 e. The number of ether oxygens (including phenoxy) is 1. The summed E-state index contributed by atoms with van der Waals surface area (Å²) in [6.07, 6.45) is -0.257. The van der Waals surface area contributed by atoms with E-state index >= 15 is 0 Å². The van der Waals surface area contributed by atoms with Crippen LogP contribution in [0.2, 0.25) is 0 Å². The van der Waals surface area contributed by atoms with Crippen molar-refractivity contribution in [3.8, 4) is 0 Å². The van der Waals surface area contributed by atoms with Gasteiger partial charge in [-0.15, -0.1) is 0 Å². The van der Waals surface area contributed by atoms with Crippen LogP contribution in [-0.2, 0) is 20.9 Å². The van der Waals surface area contributed by atoms with Gasteiger partial charge in [0.25, 0.3) is 0 Å². The maximum atomic E-state index is 12.2. The minimum Gasteiger partial charge on any atom is -0.450 e. The average Bonchev–Trinajstić information content (AvgIpc) is 2.68. The maximum absolute atomic E-state index is 12.2. The number of carbonyl (C=O) groups is 3. The van der Waals surface area contributed by atoms with Crippen molar-refractivity contribution in [1.82, 2.24) is 20.4 Å². The summed E-state index contributed by atoms with van der Waals surface area (Å²) >= 11 is 0. The second-order valence-corrected chi connectivity index (χ2v) is 6.32. The predicted molar refractivity (Wildman–Crippen MR) is 101 cm³/mol.